The number of aliphatic hydroxyl groups is 6. The van der Waals surface area contributed by atoms with Gasteiger partial charge in [-0.25, -0.2) is 4.42 Å². The fourth-order valence-electron chi connectivity index (χ4n) is 4.96. The monoisotopic (exact) mass is 563 g/mol. The minimum atomic E-state index is -1.69. The molecule has 3 heterocycles. The fraction of sp³-hybridized carbons (Fsp3) is 0.444. The van der Waals surface area contributed by atoms with Gasteiger partial charge < -0.3 is 60.2 Å². The predicted octanol–water partition coefficient (Wildman–Crippen LogP) is -0.136. The van der Waals surface area contributed by atoms with E-state index in [-0.39, 0.29) is 28.4 Å². The highest BCUT2D eigenvalue weighted by molar-refractivity contribution is 5.84. The third-order valence-electron chi connectivity index (χ3n) is 7.29. The van der Waals surface area contributed by atoms with Crippen molar-refractivity contribution < 1.29 is 64.6 Å². The molecular formula is C27H31O13+. The van der Waals surface area contributed by atoms with Gasteiger partial charge in [0.1, 0.15) is 54.6 Å². The first kappa shape index (κ1) is 28.4. The minimum absolute atomic E-state index is 0.171. The maximum Gasteiger partial charge on any atom is 0.364 e. The zero-order chi connectivity index (χ0) is 28.9. The van der Waals surface area contributed by atoms with E-state index < -0.39 is 67.8 Å². The van der Waals surface area contributed by atoms with Crippen molar-refractivity contribution in [2.45, 2.75) is 68.1 Å². The van der Waals surface area contributed by atoms with Crippen LogP contribution in [0.1, 0.15) is 18.6 Å². The molecule has 2 fully saturated rings. The summed E-state index contributed by atoms with van der Waals surface area (Å²) in [5.41, 5.74) is 0.832. The zero-order valence-corrected chi connectivity index (χ0v) is 21.2. The van der Waals surface area contributed by atoms with E-state index in [4.69, 9.17) is 18.6 Å². The van der Waals surface area contributed by atoms with E-state index >= 15 is 0 Å². The van der Waals surface area contributed by atoms with E-state index in [0.29, 0.717) is 16.7 Å². The maximum atomic E-state index is 10.8. The molecule has 2 aliphatic heterocycles. The van der Waals surface area contributed by atoms with Crippen molar-refractivity contribution in [3.8, 4) is 28.6 Å². The van der Waals surface area contributed by atoms with Crippen LogP contribution in [0.2, 0.25) is 0 Å². The van der Waals surface area contributed by atoms with Crippen molar-refractivity contribution >= 4 is 11.0 Å². The number of rotatable bonds is 5. The Balaban J connectivity index is 1.42. The molecular weight excluding hydrogens is 532 g/mol. The Hall–Kier alpha value is -3.11. The molecule has 10 atom stereocenters. The Labute approximate surface area is 227 Å². The fourth-order valence-corrected chi connectivity index (χ4v) is 4.96. The van der Waals surface area contributed by atoms with Crippen LogP contribution in [0.3, 0.4) is 0 Å². The Morgan fingerprint density at radius 2 is 1.48 bits per heavy atom. The van der Waals surface area contributed by atoms with Crippen LogP contribution in [-0.4, -0.2) is 108 Å². The van der Waals surface area contributed by atoms with E-state index in [1.165, 1.54) is 37.3 Å². The number of phenols is 3. The summed E-state index contributed by atoms with van der Waals surface area (Å²) < 4.78 is 22.8. The molecule has 2 saturated heterocycles. The third-order valence-corrected chi connectivity index (χ3v) is 7.29. The second-order valence-corrected chi connectivity index (χ2v) is 10.0. The number of hydrogen-bond donors (Lipinski definition) is 9. The standard InChI is InChI=1S/C27H30O13/c1-10-20(31)22(33)25(36)27(38-10)37-9-19-21(32)23(34)24(35)26(40-19)14-7-12(28)8-18-13(14)3-5-17(39-18)11-2-4-15(29)16(30)6-11/h2-8,10,19-27,31-36H,9H2,1H3,(H2-,28,29,30)/p+1/t10-,19+,20-,21+,22+,23-,24+,25+,26-,27+/m0/s1. The summed E-state index contributed by atoms with van der Waals surface area (Å²) in [5.74, 6) is -0.615. The van der Waals surface area contributed by atoms with Crippen LogP contribution in [0.15, 0.2) is 46.9 Å². The number of aromatic hydroxyl groups is 3. The lowest BCUT2D eigenvalue weighted by Gasteiger charge is -2.42. The first-order valence-corrected chi connectivity index (χ1v) is 12.6. The van der Waals surface area contributed by atoms with Crippen LogP contribution in [0.4, 0.5) is 0 Å². The minimum Gasteiger partial charge on any atom is -0.508 e. The smallest absolute Gasteiger partial charge is 0.364 e. The van der Waals surface area contributed by atoms with E-state index in [1.807, 2.05) is 0 Å². The van der Waals surface area contributed by atoms with Crippen molar-refractivity contribution in [3.63, 3.8) is 0 Å². The number of phenolic OH excluding ortho intramolecular Hbond substituents is 3. The maximum absolute atomic E-state index is 10.8. The van der Waals surface area contributed by atoms with Crippen molar-refractivity contribution in [2.24, 2.45) is 0 Å². The van der Waals surface area contributed by atoms with Crippen LogP contribution in [0.25, 0.3) is 22.3 Å². The van der Waals surface area contributed by atoms with Crippen LogP contribution >= 0.6 is 0 Å². The molecule has 216 valence electrons. The highest BCUT2D eigenvalue weighted by Gasteiger charge is 2.47. The number of fused-ring (bicyclic) bond motifs is 1. The highest BCUT2D eigenvalue weighted by Crippen LogP contribution is 2.40. The number of hydrogen-bond acceptors (Lipinski definition) is 12. The van der Waals surface area contributed by atoms with Gasteiger partial charge >= 0.3 is 11.3 Å². The van der Waals surface area contributed by atoms with Gasteiger partial charge in [-0.05, 0) is 31.2 Å². The molecule has 0 aliphatic carbocycles. The summed E-state index contributed by atoms with van der Waals surface area (Å²) in [6.07, 6.45) is -14.1. The topological polar surface area (TPSA) is 221 Å². The lowest BCUT2D eigenvalue weighted by atomic mass is 9.89. The lowest BCUT2D eigenvalue weighted by molar-refractivity contribution is -0.308. The molecule has 3 aromatic rings. The van der Waals surface area contributed by atoms with Gasteiger partial charge in [-0.15, -0.1) is 0 Å². The first-order chi connectivity index (χ1) is 19.0. The molecule has 2 aromatic carbocycles. The van der Waals surface area contributed by atoms with Crippen LogP contribution < -0.4 is 0 Å². The number of ether oxygens (including phenoxy) is 3. The molecule has 1 aromatic heterocycles. The molecule has 0 amide bonds. The van der Waals surface area contributed by atoms with E-state index in [1.54, 1.807) is 12.1 Å². The van der Waals surface area contributed by atoms with E-state index in [9.17, 15) is 46.0 Å². The lowest BCUT2D eigenvalue weighted by Crippen LogP contribution is -2.59. The largest absolute Gasteiger partial charge is 0.508 e. The van der Waals surface area contributed by atoms with E-state index in [2.05, 4.69) is 0 Å². The second-order valence-electron chi connectivity index (χ2n) is 10.0. The van der Waals surface area contributed by atoms with Gasteiger partial charge in [0.05, 0.1) is 29.7 Å². The zero-order valence-electron chi connectivity index (χ0n) is 21.2. The SMILES string of the molecule is C[C@@H]1O[C@@H](OC[C@H]2O[C@@H](c3cc(O)cc4[o+]c(-c5ccc(O)c(O)c5)ccc34)[C@H](O)[C@@H](O)[C@@H]2O)[C@H](O)[C@H](O)[C@H]1O. The number of benzene rings is 2. The molecule has 40 heavy (non-hydrogen) atoms. The molecule has 5 rings (SSSR count). The molecule has 0 radical (unpaired) electrons. The molecule has 0 saturated carbocycles. The van der Waals surface area contributed by atoms with E-state index in [0.717, 1.165) is 0 Å². The van der Waals surface area contributed by atoms with Crippen LogP contribution in [0, 0.1) is 0 Å². The first-order valence-electron chi connectivity index (χ1n) is 12.6. The Bertz CT molecular complexity index is 1370. The Morgan fingerprint density at radius 3 is 2.20 bits per heavy atom. The molecule has 0 spiro atoms. The van der Waals surface area contributed by atoms with Gasteiger partial charge in [-0.3, -0.25) is 0 Å². The van der Waals surface area contributed by atoms with Crippen LogP contribution in [-0.2, 0) is 14.2 Å². The summed E-state index contributed by atoms with van der Waals surface area (Å²) in [6, 6.07) is 9.94. The molecule has 0 bridgehead atoms. The quantitative estimate of drug-likeness (QED) is 0.146. The molecule has 2 aliphatic rings. The Morgan fingerprint density at radius 1 is 0.750 bits per heavy atom. The summed E-state index contributed by atoms with van der Waals surface area (Å²) in [4.78, 5) is 0. The third kappa shape index (κ3) is 5.19. The average molecular weight is 564 g/mol. The van der Waals surface area contributed by atoms with Gasteiger partial charge in [-0.1, -0.05) is 0 Å². The van der Waals surface area contributed by atoms with Crippen LogP contribution in [0.5, 0.6) is 17.2 Å². The van der Waals surface area contributed by atoms with Gasteiger partial charge in [-0.2, -0.15) is 0 Å². The van der Waals surface area contributed by atoms with Crippen molar-refractivity contribution in [1.82, 2.24) is 0 Å². The van der Waals surface area contributed by atoms with Gasteiger partial charge in [0.25, 0.3) is 0 Å². The summed E-state index contributed by atoms with van der Waals surface area (Å²) in [6.45, 7) is 1.04. The van der Waals surface area contributed by atoms with Gasteiger partial charge in [0.15, 0.2) is 17.8 Å². The predicted molar refractivity (Wildman–Crippen MR) is 135 cm³/mol. The van der Waals surface area contributed by atoms with Gasteiger partial charge in [0.2, 0.25) is 0 Å². The molecule has 13 nitrogen and oxygen atoms in total. The highest BCUT2D eigenvalue weighted by atomic mass is 16.7. The average Bonchev–Trinajstić information content (AvgIpc) is 2.93. The Kier molecular flexibility index (Phi) is 7.85. The van der Waals surface area contributed by atoms with Crippen molar-refractivity contribution in [2.75, 3.05) is 6.61 Å². The normalized spacial score (nSPS) is 34.7. The number of aliphatic hydroxyl groups excluding tert-OH is 6. The van der Waals surface area contributed by atoms with Crippen molar-refractivity contribution in [1.29, 1.82) is 0 Å². The molecule has 0 unspecified atom stereocenters. The van der Waals surface area contributed by atoms with Crippen molar-refractivity contribution in [3.05, 3.63) is 48.0 Å². The molecule has 9 N–H and O–H groups in total. The van der Waals surface area contributed by atoms with Gasteiger partial charge in [0, 0.05) is 17.7 Å². The molecule has 13 heteroatoms. The summed E-state index contributed by atoms with van der Waals surface area (Å²) in [5, 5.41) is 92.3. The summed E-state index contributed by atoms with van der Waals surface area (Å²) >= 11 is 0. The summed E-state index contributed by atoms with van der Waals surface area (Å²) in [7, 11) is 0. The second kappa shape index (κ2) is 11.0.